The van der Waals surface area contributed by atoms with E-state index in [1.807, 2.05) is 30.1 Å². The van der Waals surface area contributed by atoms with Gasteiger partial charge in [0.2, 0.25) is 0 Å². The average Bonchev–Trinajstić information content (AvgIpc) is 3.02. The van der Waals surface area contributed by atoms with Crippen molar-refractivity contribution in [3.05, 3.63) is 59.2 Å². The number of hydrogen-bond donors (Lipinski definition) is 2. The fourth-order valence-corrected chi connectivity index (χ4v) is 4.17. The Morgan fingerprint density at radius 2 is 1.96 bits per heavy atom. The quantitative estimate of drug-likeness (QED) is 0.576. The van der Waals surface area contributed by atoms with Crippen molar-refractivity contribution in [2.24, 2.45) is 0 Å². The van der Waals surface area contributed by atoms with Gasteiger partial charge in [-0.25, -0.2) is 0 Å². The van der Waals surface area contributed by atoms with E-state index in [0.29, 0.717) is 21.4 Å². The zero-order valence-electron chi connectivity index (χ0n) is 14.5. The van der Waals surface area contributed by atoms with Gasteiger partial charge in [0, 0.05) is 0 Å². The number of amides is 1. The third-order valence-corrected chi connectivity index (χ3v) is 5.86. The molecular formula is C20H21NO4Se. The summed E-state index contributed by atoms with van der Waals surface area (Å²) in [6.07, 6.45) is 0.564. The molecule has 0 fully saturated rings. The Balaban J connectivity index is 1.64. The summed E-state index contributed by atoms with van der Waals surface area (Å²) in [5.74, 6) is 1.01. The number of hydrogen-bond acceptors (Lipinski definition) is 3. The van der Waals surface area contributed by atoms with E-state index >= 15 is 0 Å². The van der Waals surface area contributed by atoms with Gasteiger partial charge in [0.1, 0.15) is 0 Å². The van der Waals surface area contributed by atoms with Crippen LogP contribution in [-0.2, 0) is 22.6 Å². The van der Waals surface area contributed by atoms with Gasteiger partial charge in [-0.2, -0.15) is 0 Å². The topological polar surface area (TPSA) is 75.6 Å². The Bertz CT molecular complexity index is 821. The summed E-state index contributed by atoms with van der Waals surface area (Å²) in [5.41, 5.74) is 5.80. The van der Waals surface area contributed by atoms with Gasteiger partial charge >= 0.3 is 147 Å². The molecule has 2 aromatic carbocycles. The number of carboxylic acid groups (broad SMARTS) is 1. The van der Waals surface area contributed by atoms with Gasteiger partial charge in [-0.05, 0) is 0 Å². The number of carboxylic acids is 1. The Morgan fingerprint density at radius 1 is 1.19 bits per heavy atom. The fraction of sp³-hybridized carbons (Fsp3) is 0.300. The van der Waals surface area contributed by atoms with Crippen LogP contribution in [-0.4, -0.2) is 38.2 Å². The molecule has 0 radical (unpaired) electrons. The SMILES string of the molecule is C[Se]CCC(NC(=O)OCc1cccc2c1Cc1ccccc1-2)C(=O)O. The molecule has 0 heterocycles. The third-order valence-electron chi connectivity index (χ3n) is 4.51. The number of carbonyl (C=O) groups excluding carboxylic acids is 1. The maximum absolute atomic E-state index is 12.0. The van der Waals surface area contributed by atoms with Gasteiger partial charge < -0.3 is 0 Å². The normalized spacial score (nSPS) is 12.8. The van der Waals surface area contributed by atoms with Crippen molar-refractivity contribution < 1.29 is 19.4 Å². The second-order valence-electron chi connectivity index (χ2n) is 6.17. The molecule has 5 nitrogen and oxygen atoms in total. The molecule has 136 valence electrons. The van der Waals surface area contributed by atoms with Gasteiger partial charge in [-0.3, -0.25) is 0 Å². The molecule has 1 aliphatic carbocycles. The molecule has 0 saturated heterocycles. The van der Waals surface area contributed by atoms with Gasteiger partial charge in [-0.15, -0.1) is 0 Å². The summed E-state index contributed by atoms with van der Waals surface area (Å²) in [7, 11) is 0. The van der Waals surface area contributed by atoms with Crippen LogP contribution in [0.15, 0.2) is 42.5 Å². The molecule has 1 amide bonds. The molecular weight excluding hydrogens is 397 g/mol. The van der Waals surface area contributed by atoms with Crippen LogP contribution in [0.25, 0.3) is 11.1 Å². The molecule has 0 aliphatic heterocycles. The van der Waals surface area contributed by atoms with E-state index in [-0.39, 0.29) is 6.61 Å². The van der Waals surface area contributed by atoms with Gasteiger partial charge in [0.15, 0.2) is 0 Å². The van der Waals surface area contributed by atoms with Crippen LogP contribution in [0.4, 0.5) is 4.79 Å². The Hall–Kier alpha value is -2.30. The summed E-state index contributed by atoms with van der Waals surface area (Å²) in [5, 5.41) is 12.5. The summed E-state index contributed by atoms with van der Waals surface area (Å²) in [6, 6.07) is 13.4. The van der Waals surface area contributed by atoms with Crippen LogP contribution in [0, 0.1) is 0 Å². The molecule has 0 saturated carbocycles. The zero-order chi connectivity index (χ0) is 18.5. The molecule has 3 rings (SSSR count). The molecule has 2 aromatic rings. The number of aliphatic carboxylic acids is 1. The summed E-state index contributed by atoms with van der Waals surface area (Å²) >= 11 is 0.374. The molecule has 26 heavy (non-hydrogen) atoms. The minimum absolute atomic E-state index is 0.132. The maximum atomic E-state index is 12.0. The van der Waals surface area contributed by atoms with E-state index in [1.165, 1.54) is 22.3 Å². The fourth-order valence-electron chi connectivity index (χ4n) is 3.18. The van der Waals surface area contributed by atoms with E-state index in [9.17, 15) is 14.7 Å². The summed E-state index contributed by atoms with van der Waals surface area (Å²) < 4.78 is 5.30. The van der Waals surface area contributed by atoms with Crippen LogP contribution < -0.4 is 5.32 Å². The zero-order valence-corrected chi connectivity index (χ0v) is 16.2. The Morgan fingerprint density at radius 3 is 2.73 bits per heavy atom. The second kappa shape index (κ2) is 8.39. The first-order valence-electron chi connectivity index (χ1n) is 8.44. The van der Waals surface area contributed by atoms with E-state index in [2.05, 4.69) is 23.5 Å². The molecule has 0 bridgehead atoms. The minimum atomic E-state index is -1.03. The Kier molecular flexibility index (Phi) is 5.96. The molecule has 2 N–H and O–H groups in total. The average molecular weight is 418 g/mol. The first-order valence-corrected chi connectivity index (χ1v) is 11.4. The molecule has 0 aromatic heterocycles. The van der Waals surface area contributed by atoms with Crippen molar-refractivity contribution >= 4 is 27.0 Å². The number of fused-ring (bicyclic) bond motifs is 3. The van der Waals surface area contributed by atoms with E-state index < -0.39 is 18.1 Å². The number of nitrogens with one attached hydrogen (secondary N) is 1. The number of ether oxygens (including phenoxy) is 1. The molecule has 1 atom stereocenters. The predicted octanol–water partition coefficient (Wildman–Crippen LogP) is 3.50. The van der Waals surface area contributed by atoms with Crippen molar-refractivity contribution in [3.8, 4) is 11.1 Å². The standard InChI is InChI=1S/C20H21NO4Se/c1-26-10-9-18(19(22)23)21-20(24)25-12-14-6-4-8-16-15-7-3-2-5-13(15)11-17(14)16/h2-8,18H,9-12H2,1H3,(H,21,24)(H,22,23). The number of benzene rings is 2. The van der Waals surface area contributed by atoms with Crippen LogP contribution in [0.1, 0.15) is 23.1 Å². The van der Waals surface area contributed by atoms with Crippen LogP contribution >= 0.6 is 0 Å². The number of rotatable bonds is 7. The second-order valence-corrected chi connectivity index (χ2v) is 8.24. The van der Waals surface area contributed by atoms with Crippen LogP contribution in [0.2, 0.25) is 11.1 Å². The number of carbonyl (C=O) groups is 2. The molecule has 0 spiro atoms. The predicted molar refractivity (Wildman–Crippen MR) is 100 cm³/mol. The summed E-state index contributed by atoms with van der Waals surface area (Å²) in [4.78, 5) is 23.3. The molecule has 6 heteroatoms. The number of alkyl carbamates (subject to hydrolysis) is 1. The molecule has 1 unspecified atom stereocenters. The van der Waals surface area contributed by atoms with E-state index in [4.69, 9.17) is 4.74 Å². The Labute approximate surface area is 158 Å². The van der Waals surface area contributed by atoms with Crippen molar-refractivity contribution in [2.45, 2.75) is 36.6 Å². The van der Waals surface area contributed by atoms with Crippen molar-refractivity contribution in [1.29, 1.82) is 0 Å². The third kappa shape index (κ3) is 4.09. The van der Waals surface area contributed by atoms with Gasteiger partial charge in [-0.1, -0.05) is 12.1 Å². The van der Waals surface area contributed by atoms with Gasteiger partial charge in [0.25, 0.3) is 0 Å². The van der Waals surface area contributed by atoms with Crippen molar-refractivity contribution in [2.75, 3.05) is 0 Å². The van der Waals surface area contributed by atoms with Crippen LogP contribution in [0.3, 0.4) is 0 Å². The van der Waals surface area contributed by atoms with Crippen molar-refractivity contribution in [1.82, 2.24) is 5.32 Å². The first kappa shape index (κ1) is 18.5. The first-order chi connectivity index (χ1) is 12.6. The van der Waals surface area contributed by atoms with E-state index in [0.717, 1.165) is 17.3 Å². The molecule has 1 aliphatic rings. The van der Waals surface area contributed by atoms with E-state index in [1.54, 1.807) is 0 Å². The van der Waals surface area contributed by atoms with Crippen molar-refractivity contribution in [3.63, 3.8) is 0 Å². The monoisotopic (exact) mass is 419 g/mol. The van der Waals surface area contributed by atoms with Crippen LogP contribution in [0.5, 0.6) is 0 Å². The summed E-state index contributed by atoms with van der Waals surface area (Å²) in [6.45, 7) is 0.132. The van der Waals surface area contributed by atoms with Gasteiger partial charge in [0.05, 0.1) is 0 Å².